The number of alkyl halides is 1. The average Bonchev–Trinajstić information content (AvgIpc) is 2.20. The molecule has 0 aromatic rings. The van der Waals surface area contributed by atoms with Crippen LogP contribution >= 0.6 is 11.6 Å². The van der Waals surface area contributed by atoms with Crippen molar-refractivity contribution in [1.82, 2.24) is 0 Å². The molecule has 0 saturated heterocycles. The molecule has 0 radical (unpaired) electrons. The molecule has 0 aliphatic heterocycles. The van der Waals surface area contributed by atoms with Gasteiger partial charge in [0.25, 0.3) is 0 Å². The van der Waals surface area contributed by atoms with Crippen molar-refractivity contribution in [2.45, 2.75) is 31.6 Å². The van der Waals surface area contributed by atoms with Crippen LogP contribution in [0.2, 0.25) is 0 Å². The summed E-state index contributed by atoms with van der Waals surface area (Å²) in [5.74, 6) is 0.475. The largest absolute Gasteiger partial charge is 0.294 e. The van der Waals surface area contributed by atoms with E-state index in [4.69, 9.17) is 11.6 Å². The summed E-state index contributed by atoms with van der Waals surface area (Å²) in [7, 11) is 0. The minimum atomic E-state index is -0.290. The Kier molecular flexibility index (Phi) is 1.63. The third-order valence-corrected chi connectivity index (χ3v) is 4.22. The minimum absolute atomic E-state index is 0.00579. The Balaban J connectivity index is 2.46. The first-order valence-electron chi connectivity index (χ1n) is 4.45. The first kappa shape index (κ1) is 8.31. The van der Waals surface area contributed by atoms with E-state index in [-0.39, 0.29) is 22.5 Å². The SMILES string of the molecule is C=C1C(=O)C2(C)CCCC1C2Cl. The van der Waals surface area contributed by atoms with Gasteiger partial charge in [-0.05, 0) is 18.4 Å². The Morgan fingerprint density at radius 2 is 2.33 bits per heavy atom. The number of carbonyl (C=O) groups excluding carboxylic acids is 1. The van der Waals surface area contributed by atoms with Crippen molar-refractivity contribution in [3.8, 4) is 0 Å². The van der Waals surface area contributed by atoms with E-state index in [0.29, 0.717) is 0 Å². The summed E-state index contributed by atoms with van der Waals surface area (Å²) in [6.07, 6.45) is 3.11. The monoisotopic (exact) mass is 184 g/mol. The molecule has 0 aromatic heterocycles. The maximum atomic E-state index is 11.7. The van der Waals surface area contributed by atoms with E-state index < -0.39 is 0 Å². The van der Waals surface area contributed by atoms with Gasteiger partial charge in [-0.3, -0.25) is 4.79 Å². The van der Waals surface area contributed by atoms with Gasteiger partial charge < -0.3 is 0 Å². The molecule has 2 bridgehead atoms. The van der Waals surface area contributed by atoms with Crippen molar-refractivity contribution in [3.63, 3.8) is 0 Å². The first-order chi connectivity index (χ1) is 5.57. The number of fused-ring (bicyclic) bond motifs is 2. The van der Waals surface area contributed by atoms with Gasteiger partial charge in [-0.25, -0.2) is 0 Å². The molecule has 3 unspecified atom stereocenters. The third-order valence-electron chi connectivity index (χ3n) is 3.43. The van der Waals surface area contributed by atoms with Crippen LogP contribution in [0.5, 0.6) is 0 Å². The summed E-state index contributed by atoms with van der Waals surface area (Å²) in [4.78, 5) is 11.7. The number of carbonyl (C=O) groups is 1. The predicted molar refractivity (Wildman–Crippen MR) is 49.2 cm³/mol. The molecule has 1 nitrogen and oxygen atoms in total. The second-order valence-electron chi connectivity index (χ2n) is 4.17. The van der Waals surface area contributed by atoms with Gasteiger partial charge in [0.1, 0.15) is 0 Å². The van der Waals surface area contributed by atoms with Crippen LogP contribution in [-0.2, 0) is 4.79 Å². The van der Waals surface area contributed by atoms with Crippen LogP contribution in [0.4, 0.5) is 0 Å². The quantitative estimate of drug-likeness (QED) is 0.418. The van der Waals surface area contributed by atoms with Crippen LogP contribution in [0.15, 0.2) is 12.2 Å². The van der Waals surface area contributed by atoms with Crippen molar-refractivity contribution >= 4 is 17.4 Å². The van der Waals surface area contributed by atoms with E-state index in [0.717, 1.165) is 24.8 Å². The lowest BCUT2D eigenvalue weighted by Crippen LogP contribution is -2.34. The first-order valence-corrected chi connectivity index (χ1v) is 4.88. The van der Waals surface area contributed by atoms with Crippen LogP contribution in [0, 0.1) is 11.3 Å². The molecule has 0 aromatic carbocycles. The van der Waals surface area contributed by atoms with Gasteiger partial charge in [0.2, 0.25) is 0 Å². The molecular weight excluding hydrogens is 172 g/mol. The van der Waals surface area contributed by atoms with E-state index in [1.54, 1.807) is 0 Å². The summed E-state index contributed by atoms with van der Waals surface area (Å²) in [5, 5.41) is 0.00579. The average molecular weight is 185 g/mol. The van der Waals surface area contributed by atoms with Crippen molar-refractivity contribution < 1.29 is 4.79 Å². The molecule has 2 heteroatoms. The fourth-order valence-corrected chi connectivity index (χ4v) is 3.03. The zero-order valence-corrected chi connectivity index (χ0v) is 8.03. The molecule has 2 aliphatic carbocycles. The van der Waals surface area contributed by atoms with Crippen LogP contribution in [-0.4, -0.2) is 11.2 Å². The standard InChI is InChI=1S/C10H13ClO/c1-6-7-4-3-5-10(2,8(7)11)9(6)12/h7-8H,1,3-5H2,2H3. The molecule has 0 heterocycles. The lowest BCUT2D eigenvalue weighted by molar-refractivity contribution is -0.122. The Morgan fingerprint density at radius 1 is 1.67 bits per heavy atom. The molecular formula is C10H13ClO. The Morgan fingerprint density at radius 3 is 2.83 bits per heavy atom. The van der Waals surface area contributed by atoms with Crippen LogP contribution in [0.3, 0.4) is 0 Å². The highest BCUT2D eigenvalue weighted by Gasteiger charge is 2.54. The summed E-state index contributed by atoms with van der Waals surface area (Å²) < 4.78 is 0. The Labute approximate surface area is 77.8 Å². The lowest BCUT2D eigenvalue weighted by Gasteiger charge is -2.31. The summed E-state index contributed by atoms with van der Waals surface area (Å²) in [5.41, 5.74) is 0.483. The molecule has 2 saturated carbocycles. The van der Waals surface area contributed by atoms with Gasteiger partial charge in [0.15, 0.2) is 5.78 Å². The van der Waals surface area contributed by atoms with Crippen LogP contribution < -0.4 is 0 Å². The zero-order valence-electron chi connectivity index (χ0n) is 7.27. The summed E-state index contributed by atoms with van der Waals surface area (Å²) >= 11 is 6.23. The molecule has 0 N–H and O–H groups in total. The van der Waals surface area contributed by atoms with E-state index in [1.807, 2.05) is 6.92 Å². The van der Waals surface area contributed by atoms with Crippen molar-refractivity contribution in [1.29, 1.82) is 0 Å². The molecule has 2 aliphatic rings. The highest BCUT2D eigenvalue weighted by molar-refractivity contribution is 6.26. The zero-order chi connectivity index (χ0) is 8.93. The summed E-state index contributed by atoms with van der Waals surface area (Å²) in [6.45, 7) is 5.82. The van der Waals surface area contributed by atoms with Gasteiger partial charge in [0, 0.05) is 11.3 Å². The normalized spacial score (nSPS) is 46.8. The van der Waals surface area contributed by atoms with Gasteiger partial charge in [-0.15, -0.1) is 11.6 Å². The molecule has 12 heavy (non-hydrogen) atoms. The number of hydrogen-bond donors (Lipinski definition) is 0. The molecule has 0 spiro atoms. The predicted octanol–water partition coefficient (Wildman–Crippen LogP) is 2.54. The van der Waals surface area contributed by atoms with Crippen LogP contribution in [0.25, 0.3) is 0 Å². The molecule has 2 rings (SSSR count). The molecule has 66 valence electrons. The second kappa shape index (κ2) is 2.35. The van der Waals surface area contributed by atoms with E-state index in [9.17, 15) is 4.79 Å². The van der Waals surface area contributed by atoms with Gasteiger partial charge in [-0.2, -0.15) is 0 Å². The van der Waals surface area contributed by atoms with Crippen molar-refractivity contribution in [2.24, 2.45) is 11.3 Å². The van der Waals surface area contributed by atoms with E-state index >= 15 is 0 Å². The fourth-order valence-electron chi connectivity index (χ4n) is 2.54. The highest BCUT2D eigenvalue weighted by atomic mass is 35.5. The Bertz CT molecular complexity index is 259. The molecule has 0 amide bonds. The van der Waals surface area contributed by atoms with E-state index in [2.05, 4.69) is 6.58 Å². The highest BCUT2D eigenvalue weighted by Crippen LogP contribution is 2.53. The number of ketones is 1. The maximum absolute atomic E-state index is 11.7. The van der Waals surface area contributed by atoms with Gasteiger partial charge in [-0.1, -0.05) is 19.9 Å². The minimum Gasteiger partial charge on any atom is -0.294 e. The number of halogens is 1. The number of hydrogen-bond acceptors (Lipinski definition) is 1. The van der Waals surface area contributed by atoms with E-state index in [1.165, 1.54) is 0 Å². The van der Waals surface area contributed by atoms with Crippen molar-refractivity contribution in [2.75, 3.05) is 0 Å². The maximum Gasteiger partial charge on any atom is 0.165 e. The van der Waals surface area contributed by atoms with Crippen LogP contribution in [0.1, 0.15) is 26.2 Å². The number of allylic oxidation sites excluding steroid dienone is 1. The lowest BCUT2D eigenvalue weighted by atomic mass is 9.76. The van der Waals surface area contributed by atoms with Gasteiger partial charge >= 0.3 is 0 Å². The third kappa shape index (κ3) is 0.779. The number of Topliss-reactive ketones (excluding diaryl/α,β-unsaturated/α-hetero) is 1. The second-order valence-corrected chi connectivity index (χ2v) is 4.64. The molecule has 3 atom stereocenters. The summed E-state index contributed by atoms with van der Waals surface area (Å²) in [6, 6.07) is 0. The smallest absolute Gasteiger partial charge is 0.165 e. The molecule has 2 fully saturated rings. The topological polar surface area (TPSA) is 17.1 Å². The van der Waals surface area contributed by atoms with Crippen molar-refractivity contribution in [3.05, 3.63) is 12.2 Å². The number of rotatable bonds is 0. The Hall–Kier alpha value is -0.300. The fraction of sp³-hybridized carbons (Fsp3) is 0.700. The van der Waals surface area contributed by atoms with Gasteiger partial charge in [0.05, 0.1) is 5.38 Å².